The number of carbonyl (C=O) groups is 2. The molecule has 0 aliphatic carbocycles. The molecule has 1 aromatic carbocycles. The monoisotopic (exact) mass is 524 g/mol. The van der Waals surface area contributed by atoms with Crippen molar-refractivity contribution in [2.75, 3.05) is 67.2 Å². The van der Waals surface area contributed by atoms with Crippen LogP contribution in [0, 0.1) is 5.82 Å². The number of pyridine rings is 2. The first-order valence-corrected chi connectivity index (χ1v) is 13.0. The first kappa shape index (κ1) is 23.7. The molecule has 1 unspecified atom stereocenters. The van der Waals surface area contributed by atoms with Gasteiger partial charge in [0.1, 0.15) is 17.3 Å². The van der Waals surface area contributed by atoms with Crippen molar-refractivity contribution in [1.82, 2.24) is 14.9 Å². The summed E-state index contributed by atoms with van der Waals surface area (Å²) < 4.78 is 25.7. The lowest BCUT2D eigenvalue weighted by Crippen LogP contribution is -2.49. The molecule has 2 fully saturated rings. The summed E-state index contributed by atoms with van der Waals surface area (Å²) in [5, 5.41) is 2.86. The number of amides is 2. The van der Waals surface area contributed by atoms with E-state index in [-0.39, 0.29) is 12.0 Å². The quantitative estimate of drug-likeness (QED) is 0.540. The van der Waals surface area contributed by atoms with Crippen molar-refractivity contribution in [3.05, 3.63) is 42.3 Å². The van der Waals surface area contributed by atoms with Gasteiger partial charge in [0, 0.05) is 49.4 Å². The summed E-state index contributed by atoms with van der Waals surface area (Å²) >= 11 is 1.48. The van der Waals surface area contributed by atoms with Gasteiger partial charge in [0.2, 0.25) is 11.8 Å². The highest BCUT2D eigenvalue weighted by Gasteiger charge is 2.35. The lowest BCUT2D eigenvalue weighted by molar-refractivity contribution is -0.113. The summed E-state index contributed by atoms with van der Waals surface area (Å²) in [6.45, 7) is 3.57. The molecule has 192 valence electrons. The van der Waals surface area contributed by atoms with Crippen LogP contribution in [-0.4, -0.2) is 85.1 Å². The van der Waals surface area contributed by atoms with Gasteiger partial charge in [-0.05, 0) is 24.3 Å². The first-order valence-electron chi connectivity index (χ1n) is 12.0. The summed E-state index contributed by atoms with van der Waals surface area (Å²) in [5.41, 5.74) is 2.93. The van der Waals surface area contributed by atoms with Crippen LogP contribution in [0.5, 0.6) is 5.88 Å². The molecular weight excluding hydrogens is 499 g/mol. The predicted octanol–water partition coefficient (Wildman–Crippen LogP) is 2.97. The highest BCUT2D eigenvalue weighted by molar-refractivity contribution is 8.00. The van der Waals surface area contributed by atoms with E-state index in [1.807, 2.05) is 23.1 Å². The molecule has 10 nitrogen and oxygen atoms in total. The largest absolute Gasteiger partial charge is 0.481 e. The molecule has 2 saturated heterocycles. The fourth-order valence-electron chi connectivity index (χ4n) is 4.94. The second-order valence-corrected chi connectivity index (χ2v) is 10.1. The van der Waals surface area contributed by atoms with Gasteiger partial charge in [0.25, 0.3) is 0 Å². The van der Waals surface area contributed by atoms with E-state index in [0.717, 1.165) is 4.90 Å². The number of benzene rings is 1. The molecule has 2 amide bonds. The van der Waals surface area contributed by atoms with Crippen molar-refractivity contribution in [2.45, 2.75) is 11.0 Å². The Labute approximate surface area is 216 Å². The molecule has 0 spiro atoms. The van der Waals surface area contributed by atoms with Gasteiger partial charge < -0.3 is 19.7 Å². The van der Waals surface area contributed by atoms with Crippen LogP contribution in [-0.2, 0) is 9.53 Å². The van der Waals surface area contributed by atoms with Crippen molar-refractivity contribution in [2.24, 2.45) is 0 Å². The SMILES string of the molecule is COc1ccc2ncc(F)c(N3CCN(CC4CN(c5ccc6c(c5)NC(=O)CS6)C(=O)O4)CC3)c2n1. The number of nitrogens with one attached hydrogen (secondary N) is 1. The molecule has 3 aromatic rings. The van der Waals surface area contributed by atoms with E-state index in [1.54, 1.807) is 17.0 Å². The number of ether oxygens (including phenoxy) is 2. The Morgan fingerprint density at radius 2 is 2.03 bits per heavy atom. The number of carbonyl (C=O) groups excluding carboxylic acids is 2. The molecule has 3 aliphatic rings. The minimum Gasteiger partial charge on any atom is -0.481 e. The summed E-state index contributed by atoms with van der Waals surface area (Å²) in [4.78, 5) is 39.8. The van der Waals surface area contributed by atoms with Crippen LogP contribution >= 0.6 is 11.8 Å². The number of thioether (sulfide) groups is 1. The molecular formula is C25H25FN6O4S. The molecule has 37 heavy (non-hydrogen) atoms. The molecule has 0 bridgehead atoms. The third-order valence-electron chi connectivity index (χ3n) is 6.76. The maximum atomic E-state index is 14.9. The lowest BCUT2D eigenvalue weighted by Gasteiger charge is -2.37. The number of methoxy groups -OCH3 is 1. The number of hydrogen-bond acceptors (Lipinski definition) is 9. The summed E-state index contributed by atoms with van der Waals surface area (Å²) in [7, 11) is 1.53. The average Bonchev–Trinajstić information content (AvgIpc) is 3.28. The van der Waals surface area contributed by atoms with Gasteiger partial charge in [-0.25, -0.2) is 14.2 Å². The molecule has 2 aromatic heterocycles. The Kier molecular flexibility index (Phi) is 6.21. The Morgan fingerprint density at radius 3 is 2.84 bits per heavy atom. The average molecular weight is 525 g/mol. The number of fused-ring (bicyclic) bond motifs is 2. The zero-order valence-electron chi connectivity index (χ0n) is 20.1. The van der Waals surface area contributed by atoms with E-state index in [4.69, 9.17) is 9.47 Å². The fraction of sp³-hybridized carbons (Fsp3) is 0.360. The maximum Gasteiger partial charge on any atom is 0.414 e. The number of rotatable bonds is 5. The zero-order chi connectivity index (χ0) is 25.5. The Balaban J connectivity index is 1.10. The molecule has 3 aliphatic heterocycles. The Hall–Kier alpha value is -3.64. The van der Waals surface area contributed by atoms with Crippen LogP contribution in [0.2, 0.25) is 0 Å². The number of piperazine rings is 1. The second kappa shape index (κ2) is 9.67. The van der Waals surface area contributed by atoms with Crippen molar-refractivity contribution < 1.29 is 23.5 Å². The van der Waals surface area contributed by atoms with E-state index >= 15 is 0 Å². The first-order chi connectivity index (χ1) is 18.0. The van der Waals surface area contributed by atoms with Crippen LogP contribution in [0.1, 0.15) is 0 Å². The predicted molar refractivity (Wildman–Crippen MR) is 138 cm³/mol. The van der Waals surface area contributed by atoms with Gasteiger partial charge in [-0.15, -0.1) is 11.8 Å². The fourth-order valence-corrected chi connectivity index (χ4v) is 5.72. The maximum absolute atomic E-state index is 14.9. The third kappa shape index (κ3) is 4.62. The van der Waals surface area contributed by atoms with Gasteiger partial charge in [0.05, 0.1) is 36.8 Å². The molecule has 6 rings (SSSR count). The minimum atomic E-state index is -0.415. The molecule has 1 N–H and O–H groups in total. The normalized spacial score (nSPS) is 20.1. The van der Waals surface area contributed by atoms with Crippen LogP contribution in [0.15, 0.2) is 41.4 Å². The van der Waals surface area contributed by atoms with E-state index < -0.39 is 11.9 Å². The van der Waals surface area contributed by atoms with Crippen LogP contribution in [0.4, 0.5) is 26.2 Å². The smallest absolute Gasteiger partial charge is 0.414 e. The van der Waals surface area contributed by atoms with Gasteiger partial charge in [-0.3, -0.25) is 19.6 Å². The van der Waals surface area contributed by atoms with Gasteiger partial charge >= 0.3 is 6.09 Å². The number of hydrogen-bond donors (Lipinski definition) is 1. The van der Waals surface area contributed by atoms with E-state index in [2.05, 4.69) is 20.2 Å². The zero-order valence-corrected chi connectivity index (χ0v) is 21.0. The Bertz CT molecular complexity index is 1380. The topological polar surface area (TPSA) is 100 Å². The van der Waals surface area contributed by atoms with Crippen LogP contribution in [0.3, 0.4) is 0 Å². The van der Waals surface area contributed by atoms with Crippen LogP contribution in [0.25, 0.3) is 11.0 Å². The minimum absolute atomic E-state index is 0.0507. The second-order valence-electron chi connectivity index (χ2n) is 9.10. The van der Waals surface area contributed by atoms with Crippen molar-refractivity contribution >= 4 is 51.9 Å². The lowest BCUT2D eigenvalue weighted by atomic mass is 10.2. The summed E-state index contributed by atoms with van der Waals surface area (Å²) in [6.07, 6.45) is 0.544. The number of aromatic nitrogens is 2. The van der Waals surface area contributed by atoms with E-state index in [1.165, 1.54) is 25.1 Å². The van der Waals surface area contributed by atoms with Crippen molar-refractivity contribution in [3.8, 4) is 5.88 Å². The van der Waals surface area contributed by atoms with Crippen LogP contribution < -0.4 is 19.9 Å². The molecule has 12 heteroatoms. The summed E-state index contributed by atoms with van der Waals surface area (Å²) in [6, 6.07) is 9.10. The number of anilines is 3. The summed E-state index contributed by atoms with van der Waals surface area (Å²) in [5.74, 6) is 0.335. The van der Waals surface area contributed by atoms with E-state index in [0.29, 0.717) is 79.0 Å². The van der Waals surface area contributed by atoms with Gasteiger partial charge in [-0.1, -0.05) is 0 Å². The standard InChI is InChI=1S/C25H25FN6O4S/c1-35-22-5-3-18-23(29-22)24(17(26)11-27-18)31-8-6-30(7-9-31)12-16-13-32(25(34)36-16)15-2-4-20-19(10-15)28-21(33)14-37-20/h2-5,10-11,16H,6-9,12-14H2,1H3,(H,28,33). The molecule has 0 saturated carbocycles. The Morgan fingerprint density at radius 1 is 1.19 bits per heavy atom. The van der Waals surface area contributed by atoms with Gasteiger partial charge in [0.15, 0.2) is 5.82 Å². The highest BCUT2D eigenvalue weighted by atomic mass is 32.2. The van der Waals surface area contributed by atoms with Crippen molar-refractivity contribution in [3.63, 3.8) is 0 Å². The molecule has 0 radical (unpaired) electrons. The molecule has 5 heterocycles. The van der Waals surface area contributed by atoms with Gasteiger partial charge in [-0.2, -0.15) is 0 Å². The number of cyclic esters (lactones) is 1. The number of nitrogens with zero attached hydrogens (tertiary/aromatic N) is 5. The van der Waals surface area contributed by atoms with Crippen molar-refractivity contribution in [1.29, 1.82) is 0 Å². The molecule has 1 atom stereocenters. The highest BCUT2D eigenvalue weighted by Crippen LogP contribution is 2.36. The third-order valence-corrected chi connectivity index (χ3v) is 7.83. The number of halogens is 1. The van der Waals surface area contributed by atoms with E-state index in [9.17, 15) is 14.0 Å².